The standard InChI is InChI=1S/C15H22O4/c1-7-4-5-10(16)15(3)11(17)6-9-8(2)14(18)19-13(9)12(7)15/h8-11,13,16-17H,4-6H2,1-3H3. The molecule has 2 fully saturated rings. The van der Waals surface area contributed by atoms with Crippen LogP contribution in [0, 0.1) is 17.3 Å². The Balaban J connectivity index is 2.11. The van der Waals surface area contributed by atoms with Crippen molar-refractivity contribution in [3.63, 3.8) is 0 Å². The van der Waals surface area contributed by atoms with E-state index in [1.165, 1.54) is 5.57 Å². The van der Waals surface area contributed by atoms with Crippen molar-refractivity contribution in [2.45, 2.75) is 58.3 Å². The summed E-state index contributed by atoms with van der Waals surface area (Å²) in [6.07, 6.45) is 0.605. The van der Waals surface area contributed by atoms with Crippen LogP contribution in [0.4, 0.5) is 0 Å². The Kier molecular flexibility index (Phi) is 2.81. The average Bonchev–Trinajstić information content (AvgIpc) is 2.62. The molecule has 1 saturated heterocycles. The van der Waals surface area contributed by atoms with Crippen molar-refractivity contribution in [2.24, 2.45) is 17.3 Å². The predicted molar refractivity (Wildman–Crippen MR) is 69.2 cm³/mol. The lowest BCUT2D eigenvalue weighted by molar-refractivity contribution is -0.145. The number of allylic oxidation sites excluding steroid dienone is 1. The summed E-state index contributed by atoms with van der Waals surface area (Å²) in [7, 11) is 0. The maximum absolute atomic E-state index is 11.8. The minimum atomic E-state index is -0.659. The second-order valence-corrected chi connectivity index (χ2v) is 6.59. The Morgan fingerprint density at radius 1 is 1.32 bits per heavy atom. The van der Waals surface area contributed by atoms with Crippen molar-refractivity contribution in [1.82, 2.24) is 0 Å². The molecule has 2 N–H and O–H groups in total. The van der Waals surface area contributed by atoms with E-state index in [2.05, 4.69) is 0 Å². The molecule has 0 aromatic rings. The molecule has 6 atom stereocenters. The lowest BCUT2D eigenvalue weighted by Crippen LogP contribution is -2.55. The van der Waals surface area contributed by atoms with E-state index in [9.17, 15) is 15.0 Å². The molecule has 4 nitrogen and oxygen atoms in total. The summed E-state index contributed by atoms with van der Waals surface area (Å²) in [4.78, 5) is 11.8. The van der Waals surface area contributed by atoms with Gasteiger partial charge in [0.1, 0.15) is 6.10 Å². The molecule has 0 aromatic carbocycles. The normalized spacial score (nSPS) is 49.7. The smallest absolute Gasteiger partial charge is 0.309 e. The molecular weight excluding hydrogens is 244 g/mol. The van der Waals surface area contributed by atoms with Gasteiger partial charge in [-0.05, 0) is 31.8 Å². The first-order chi connectivity index (χ1) is 8.87. The molecule has 106 valence electrons. The van der Waals surface area contributed by atoms with Gasteiger partial charge < -0.3 is 14.9 Å². The van der Waals surface area contributed by atoms with Gasteiger partial charge >= 0.3 is 5.97 Å². The van der Waals surface area contributed by atoms with Crippen LogP contribution in [0.15, 0.2) is 11.1 Å². The van der Waals surface area contributed by atoms with Gasteiger partial charge in [-0.3, -0.25) is 4.79 Å². The lowest BCUT2D eigenvalue weighted by atomic mass is 9.57. The number of aliphatic hydroxyl groups is 2. The molecule has 0 aromatic heterocycles. The van der Waals surface area contributed by atoms with Crippen molar-refractivity contribution in [2.75, 3.05) is 0 Å². The highest BCUT2D eigenvalue weighted by Crippen LogP contribution is 2.55. The number of aliphatic hydroxyl groups excluding tert-OH is 2. The molecular formula is C15H22O4. The topological polar surface area (TPSA) is 66.8 Å². The van der Waals surface area contributed by atoms with Gasteiger partial charge in [-0.25, -0.2) is 0 Å². The Morgan fingerprint density at radius 2 is 2.00 bits per heavy atom. The molecule has 4 heteroatoms. The molecule has 1 aliphatic heterocycles. The first kappa shape index (κ1) is 13.1. The van der Waals surface area contributed by atoms with E-state index in [-0.39, 0.29) is 23.9 Å². The Bertz CT molecular complexity index is 455. The van der Waals surface area contributed by atoms with Crippen LogP contribution in [0.25, 0.3) is 0 Å². The molecule has 1 heterocycles. The summed E-state index contributed by atoms with van der Waals surface area (Å²) in [5, 5.41) is 20.9. The van der Waals surface area contributed by atoms with E-state index in [0.717, 1.165) is 12.0 Å². The van der Waals surface area contributed by atoms with Gasteiger partial charge in [-0.1, -0.05) is 19.4 Å². The number of fused-ring (bicyclic) bond motifs is 3. The largest absolute Gasteiger partial charge is 0.457 e. The number of ether oxygens (including phenoxy) is 1. The molecule has 2 aliphatic carbocycles. The van der Waals surface area contributed by atoms with Crippen LogP contribution in [-0.2, 0) is 9.53 Å². The monoisotopic (exact) mass is 266 g/mol. The van der Waals surface area contributed by atoms with Crippen molar-refractivity contribution in [1.29, 1.82) is 0 Å². The molecule has 0 bridgehead atoms. The molecule has 3 aliphatic rings. The maximum Gasteiger partial charge on any atom is 0.309 e. The number of esters is 1. The van der Waals surface area contributed by atoms with E-state index in [1.54, 1.807) is 0 Å². The molecule has 3 rings (SSSR count). The summed E-state index contributed by atoms with van der Waals surface area (Å²) in [6, 6.07) is 0. The highest BCUT2D eigenvalue weighted by atomic mass is 16.6. The van der Waals surface area contributed by atoms with Crippen molar-refractivity contribution < 1.29 is 19.7 Å². The maximum atomic E-state index is 11.8. The number of rotatable bonds is 0. The number of carbonyl (C=O) groups is 1. The van der Waals surface area contributed by atoms with Crippen molar-refractivity contribution in [3.8, 4) is 0 Å². The first-order valence-electron chi connectivity index (χ1n) is 7.14. The zero-order valence-corrected chi connectivity index (χ0v) is 11.7. The van der Waals surface area contributed by atoms with Crippen molar-refractivity contribution in [3.05, 3.63) is 11.1 Å². The fourth-order valence-electron chi connectivity index (χ4n) is 4.24. The molecule has 0 radical (unpaired) electrons. The van der Waals surface area contributed by atoms with E-state index < -0.39 is 17.6 Å². The van der Waals surface area contributed by atoms with Crippen molar-refractivity contribution >= 4 is 5.97 Å². The Hall–Kier alpha value is -0.870. The van der Waals surface area contributed by atoms with Crippen LogP contribution in [0.3, 0.4) is 0 Å². The predicted octanol–water partition coefficient (Wildman–Crippen LogP) is 1.41. The lowest BCUT2D eigenvalue weighted by Gasteiger charge is -2.51. The minimum Gasteiger partial charge on any atom is -0.457 e. The van der Waals surface area contributed by atoms with E-state index >= 15 is 0 Å². The van der Waals surface area contributed by atoms with Crippen LogP contribution in [0.1, 0.15) is 40.0 Å². The summed E-state index contributed by atoms with van der Waals surface area (Å²) in [5.74, 6) is -0.291. The van der Waals surface area contributed by atoms with Crippen LogP contribution in [-0.4, -0.2) is 34.5 Å². The second kappa shape index (κ2) is 4.06. The number of hydrogen-bond acceptors (Lipinski definition) is 4. The van der Waals surface area contributed by atoms with Crippen LogP contribution in [0.2, 0.25) is 0 Å². The van der Waals surface area contributed by atoms with Gasteiger partial charge in [-0.2, -0.15) is 0 Å². The third-order valence-corrected chi connectivity index (χ3v) is 5.64. The van der Waals surface area contributed by atoms with E-state index in [0.29, 0.717) is 12.8 Å². The summed E-state index contributed by atoms with van der Waals surface area (Å²) < 4.78 is 5.56. The van der Waals surface area contributed by atoms with Crippen LogP contribution < -0.4 is 0 Å². The van der Waals surface area contributed by atoms with E-state index in [1.807, 2.05) is 20.8 Å². The number of hydrogen-bond donors (Lipinski definition) is 2. The quantitative estimate of drug-likeness (QED) is 0.514. The summed E-state index contributed by atoms with van der Waals surface area (Å²) in [5.41, 5.74) is 1.49. The fourth-order valence-corrected chi connectivity index (χ4v) is 4.24. The molecule has 0 amide bonds. The van der Waals surface area contributed by atoms with E-state index in [4.69, 9.17) is 4.74 Å². The Morgan fingerprint density at radius 3 is 2.68 bits per heavy atom. The first-order valence-corrected chi connectivity index (χ1v) is 7.14. The Labute approximate surface area is 113 Å². The number of carbonyl (C=O) groups excluding carboxylic acids is 1. The van der Waals surface area contributed by atoms with Crippen LogP contribution in [0.5, 0.6) is 0 Å². The zero-order valence-electron chi connectivity index (χ0n) is 11.7. The third-order valence-electron chi connectivity index (χ3n) is 5.64. The van der Waals surface area contributed by atoms with Gasteiger partial charge in [0.15, 0.2) is 0 Å². The molecule has 0 spiro atoms. The van der Waals surface area contributed by atoms with Gasteiger partial charge in [0.2, 0.25) is 0 Å². The average molecular weight is 266 g/mol. The molecule has 19 heavy (non-hydrogen) atoms. The zero-order chi connectivity index (χ0) is 13.9. The molecule has 1 saturated carbocycles. The van der Waals surface area contributed by atoms with Gasteiger partial charge in [0, 0.05) is 11.3 Å². The summed E-state index contributed by atoms with van der Waals surface area (Å²) in [6.45, 7) is 5.82. The third kappa shape index (κ3) is 1.56. The summed E-state index contributed by atoms with van der Waals surface area (Å²) >= 11 is 0. The van der Waals surface area contributed by atoms with Gasteiger partial charge in [0.25, 0.3) is 0 Å². The van der Waals surface area contributed by atoms with Crippen LogP contribution >= 0.6 is 0 Å². The highest BCUT2D eigenvalue weighted by Gasteiger charge is 2.59. The second-order valence-electron chi connectivity index (χ2n) is 6.59. The molecule has 6 unspecified atom stereocenters. The SMILES string of the molecule is CC1=C2C3OC(=O)C(C)C3CC(O)C2(C)C(O)CC1. The fraction of sp³-hybridized carbons (Fsp3) is 0.800. The highest BCUT2D eigenvalue weighted by molar-refractivity contribution is 5.76. The minimum absolute atomic E-state index is 0.0471. The van der Waals surface area contributed by atoms with Gasteiger partial charge in [0.05, 0.1) is 18.1 Å². The van der Waals surface area contributed by atoms with Gasteiger partial charge in [-0.15, -0.1) is 0 Å².